The summed E-state index contributed by atoms with van der Waals surface area (Å²) in [5.74, 6) is 0.265. The molecule has 0 saturated heterocycles. The van der Waals surface area contributed by atoms with E-state index < -0.39 is 12.6 Å². The van der Waals surface area contributed by atoms with Crippen LogP contribution in [0.5, 0.6) is 0 Å². The standard InChI is InChI=1S/C15H18F3N/c1-11(5-4-8-15(16,17)18)9-12-10-19-14-7-3-2-6-13(12)14/h2-3,6-7,10-11,19H,4-5,8-9H2,1H3/t11-/m0/s1. The Hall–Kier alpha value is -1.45. The highest BCUT2D eigenvalue weighted by molar-refractivity contribution is 5.83. The Kier molecular flexibility index (Phi) is 4.17. The number of aromatic nitrogens is 1. The molecular weight excluding hydrogens is 251 g/mol. The minimum Gasteiger partial charge on any atom is -0.361 e. The van der Waals surface area contributed by atoms with Crippen molar-refractivity contribution in [1.82, 2.24) is 4.98 Å². The van der Waals surface area contributed by atoms with Crippen molar-refractivity contribution < 1.29 is 13.2 Å². The molecule has 0 aliphatic heterocycles. The Morgan fingerprint density at radius 2 is 1.95 bits per heavy atom. The van der Waals surface area contributed by atoms with Crippen molar-refractivity contribution >= 4 is 10.9 Å². The molecular formula is C15H18F3N. The lowest BCUT2D eigenvalue weighted by Gasteiger charge is -2.11. The van der Waals surface area contributed by atoms with E-state index >= 15 is 0 Å². The zero-order valence-corrected chi connectivity index (χ0v) is 10.9. The highest BCUT2D eigenvalue weighted by Gasteiger charge is 2.26. The zero-order valence-electron chi connectivity index (χ0n) is 10.9. The van der Waals surface area contributed by atoms with Crippen LogP contribution in [0.2, 0.25) is 0 Å². The third-order valence-electron chi connectivity index (χ3n) is 3.40. The maximum Gasteiger partial charge on any atom is 0.389 e. The third kappa shape index (κ3) is 4.01. The molecule has 2 aromatic rings. The first kappa shape index (κ1) is 14.0. The molecule has 1 nitrogen and oxygen atoms in total. The number of H-pyrrole nitrogens is 1. The van der Waals surface area contributed by atoms with E-state index in [0.29, 0.717) is 6.42 Å². The van der Waals surface area contributed by atoms with E-state index in [1.54, 1.807) is 0 Å². The van der Waals surface area contributed by atoms with Crippen molar-refractivity contribution in [3.63, 3.8) is 0 Å². The minimum atomic E-state index is -4.03. The molecule has 0 fully saturated rings. The van der Waals surface area contributed by atoms with Crippen LogP contribution in [0.1, 0.15) is 31.7 Å². The number of halogens is 3. The van der Waals surface area contributed by atoms with E-state index in [1.165, 1.54) is 10.9 Å². The van der Waals surface area contributed by atoms with Crippen LogP contribution in [0.3, 0.4) is 0 Å². The van der Waals surface area contributed by atoms with Gasteiger partial charge in [0.25, 0.3) is 0 Å². The number of aromatic amines is 1. The SMILES string of the molecule is C[C@@H](CCCC(F)(F)F)Cc1c[nH]c2ccccc12. The first-order valence-corrected chi connectivity index (χ1v) is 6.57. The Labute approximate surface area is 110 Å². The summed E-state index contributed by atoms with van der Waals surface area (Å²) < 4.78 is 36.3. The van der Waals surface area contributed by atoms with Crippen molar-refractivity contribution in [3.05, 3.63) is 36.0 Å². The lowest BCUT2D eigenvalue weighted by atomic mass is 9.95. The summed E-state index contributed by atoms with van der Waals surface area (Å²) in [6, 6.07) is 8.00. The highest BCUT2D eigenvalue weighted by Crippen LogP contribution is 2.26. The normalized spacial score (nSPS) is 13.9. The number of hydrogen-bond acceptors (Lipinski definition) is 0. The second-order valence-electron chi connectivity index (χ2n) is 5.18. The lowest BCUT2D eigenvalue weighted by Crippen LogP contribution is -2.08. The number of para-hydroxylation sites is 1. The molecule has 0 spiro atoms. The quantitative estimate of drug-likeness (QED) is 0.779. The van der Waals surface area contributed by atoms with E-state index in [1.807, 2.05) is 37.4 Å². The van der Waals surface area contributed by atoms with Gasteiger partial charge in [0.15, 0.2) is 0 Å². The molecule has 0 bridgehead atoms. The van der Waals surface area contributed by atoms with Gasteiger partial charge in [-0.05, 0) is 30.4 Å². The first-order valence-electron chi connectivity index (χ1n) is 6.57. The van der Waals surface area contributed by atoms with Gasteiger partial charge in [-0.2, -0.15) is 13.2 Å². The molecule has 0 saturated carbocycles. The van der Waals surface area contributed by atoms with Gasteiger partial charge in [0.05, 0.1) is 0 Å². The van der Waals surface area contributed by atoms with Crippen LogP contribution in [-0.2, 0) is 6.42 Å². The highest BCUT2D eigenvalue weighted by atomic mass is 19.4. The molecule has 19 heavy (non-hydrogen) atoms. The van der Waals surface area contributed by atoms with Crippen LogP contribution in [0, 0.1) is 5.92 Å². The predicted octanol–water partition coefficient (Wildman–Crippen LogP) is 5.08. The van der Waals surface area contributed by atoms with Crippen molar-refractivity contribution in [2.75, 3.05) is 0 Å². The lowest BCUT2D eigenvalue weighted by molar-refractivity contribution is -0.136. The summed E-state index contributed by atoms with van der Waals surface area (Å²) in [5.41, 5.74) is 2.27. The monoisotopic (exact) mass is 269 g/mol. The van der Waals surface area contributed by atoms with Gasteiger partial charge in [-0.25, -0.2) is 0 Å². The maximum atomic E-state index is 12.1. The largest absolute Gasteiger partial charge is 0.389 e. The van der Waals surface area contributed by atoms with Gasteiger partial charge in [0, 0.05) is 23.5 Å². The molecule has 0 unspecified atom stereocenters. The molecule has 1 N–H and O–H groups in total. The molecule has 0 amide bonds. The second kappa shape index (κ2) is 5.68. The van der Waals surface area contributed by atoms with Crippen molar-refractivity contribution in [3.8, 4) is 0 Å². The van der Waals surface area contributed by atoms with Gasteiger partial charge < -0.3 is 4.98 Å². The molecule has 1 atom stereocenters. The van der Waals surface area contributed by atoms with E-state index in [-0.39, 0.29) is 12.3 Å². The van der Waals surface area contributed by atoms with Gasteiger partial charge in [-0.3, -0.25) is 0 Å². The molecule has 0 aliphatic rings. The molecule has 1 aromatic heterocycles. The number of rotatable bonds is 5. The fraction of sp³-hybridized carbons (Fsp3) is 0.467. The van der Waals surface area contributed by atoms with Crippen LogP contribution in [0.4, 0.5) is 13.2 Å². The summed E-state index contributed by atoms with van der Waals surface area (Å²) in [4.78, 5) is 3.19. The van der Waals surface area contributed by atoms with Crippen LogP contribution < -0.4 is 0 Å². The number of benzene rings is 1. The fourth-order valence-corrected chi connectivity index (χ4v) is 2.43. The smallest absolute Gasteiger partial charge is 0.361 e. The number of alkyl halides is 3. The summed E-state index contributed by atoms with van der Waals surface area (Å²) >= 11 is 0. The summed E-state index contributed by atoms with van der Waals surface area (Å²) in [6.07, 6.45) is -1.09. The summed E-state index contributed by atoms with van der Waals surface area (Å²) in [6.45, 7) is 2.01. The third-order valence-corrected chi connectivity index (χ3v) is 3.40. The van der Waals surface area contributed by atoms with Crippen LogP contribution in [0.25, 0.3) is 10.9 Å². The molecule has 104 valence electrons. The van der Waals surface area contributed by atoms with Crippen LogP contribution in [-0.4, -0.2) is 11.2 Å². The van der Waals surface area contributed by atoms with Crippen molar-refractivity contribution in [2.24, 2.45) is 5.92 Å². The Morgan fingerprint density at radius 1 is 1.21 bits per heavy atom. The zero-order chi connectivity index (χ0) is 13.9. The number of hydrogen-bond donors (Lipinski definition) is 1. The van der Waals surface area contributed by atoms with E-state index in [0.717, 1.165) is 11.9 Å². The second-order valence-corrected chi connectivity index (χ2v) is 5.18. The average Bonchev–Trinajstić information content (AvgIpc) is 2.71. The Morgan fingerprint density at radius 3 is 2.68 bits per heavy atom. The number of fused-ring (bicyclic) bond motifs is 1. The maximum absolute atomic E-state index is 12.1. The van der Waals surface area contributed by atoms with E-state index in [9.17, 15) is 13.2 Å². The predicted molar refractivity (Wildman–Crippen MR) is 71.1 cm³/mol. The van der Waals surface area contributed by atoms with Crippen molar-refractivity contribution in [2.45, 2.75) is 38.8 Å². The summed E-state index contributed by atoms with van der Waals surface area (Å²) in [7, 11) is 0. The minimum absolute atomic E-state index is 0.215. The molecule has 0 aliphatic carbocycles. The average molecular weight is 269 g/mol. The Bertz CT molecular complexity index is 527. The topological polar surface area (TPSA) is 15.8 Å². The molecule has 2 rings (SSSR count). The molecule has 4 heteroatoms. The van der Waals surface area contributed by atoms with Gasteiger partial charge in [-0.15, -0.1) is 0 Å². The first-order chi connectivity index (χ1) is 8.96. The number of nitrogens with one attached hydrogen (secondary N) is 1. The van der Waals surface area contributed by atoms with Gasteiger partial charge >= 0.3 is 6.18 Å². The van der Waals surface area contributed by atoms with Crippen LogP contribution >= 0.6 is 0 Å². The Balaban J connectivity index is 1.90. The molecule has 1 aromatic carbocycles. The fourth-order valence-electron chi connectivity index (χ4n) is 2.43. The van der Waals surface area contributed by atoms with Gasteiger partial charge in [0.1, 0.15) is 0 Å². The van der Waals surface area contributed by atoms with Crippen molar-refractivity contribution in [1.29, 1.82) is 0 Å². The molecule has 0 radical (unpaired) electrons. The van der Waals surface area contributed by atoms with Gasteiger partial charge in [0.2, 0.25) is 0 Å². The summed E-state index contributed by atoms with van der Waals surface area (Å²) in [5, 5.41) is 1.17. The van der Waals surface area contributed by atoms with E-state index in [4.69, 9.17) is 0 Å². The van der Waals surface area contributed by atoms with Crippen LogP contribution in [0.15, 0.2) is 30.5 Å². The molecule has 1 heterocycles. The van der Waals surface area contributed by atoms with Gasteiger partial charge in [-0.1, -0.05) is 31.5 Å². The van der Waals surface area contributed by atoms with E-state index in [2.05, 4.69) is 4.98 Å².